The molecule has 3 rings (SSSR count). The summed E-state index contributed by atoms with van der Waals surface area (Å²) in [7, 11) is 1.32. The highest BCUT2D eigenvalue weighted by Gasteiger charge is 2.11. The third kappa shape index (κ3) is 4.31. The maximum atomic E-state index is 11.7. The molecule has 0 aliphatic carbocycles. The van der Waals surface area contributed by atoms with Crippen molar-refractivity contribution in [1.29, 1.82) is 0 Å². The second-order valence-corrected chi connectivity index (χ2v) is 5.87. The van der Waals surface area contributed by atoms with E-state index in [0.29, 0.717) is 34.6 Å². The largest absolute Gasteiger partial charge is 0.467 e. The van der Waals surface area contributed by atoms with Gasteiger partial charge in [-0.05, 0) is 37.3 Å². The van der Waals surface area contributed by atoms with Crippen LogP contribution in [0, 0.1) is 6.92 Å². The predicted octanol–water partition coefficient (Wildman–Crippen LogP) is 4.17. The smallest absolute Gasteiger partial charge is 0.337 e. The van der Waals surface area contributed by atoms with E-state index < -0.39 is 5.97 Å². The predicted molar refractivity (Wildman–Crippen MR) is 98.9 cm³/mol. The van der Waals surface area contributed by atoms with Crippen molar-refractivity contribution in [3.05, 3.63) is 64.7 Å². The minimum absolute atomic E-state index is 0.357. The average Bonchev–Trinajstić information content (AvgIpc) is 3.14. The maximum absolute atomic E-state index is 11.7. The van der Waals surface area contributed by atoms with Crippen LogP contribution in [0.15, 0.2) is 47.1 Å². The number of carbonyl (C=O) groups excluding carboxylic acids is 1. The van der Waals surface area contributed by atoms with Gasteiger partial charge in [-0.15, -0.1) is 0 Å². The average molecular weight is 373 g/mol. The molecule has 0 atom stereocenters. The van der Waals surface area contributed by atoms with Crippen LogP contribution in [-0.4, -0.2) is 23.0 Å². The quantitative estimate of drug-likeness (QED) is 0.627. The van der Waals surface area contributed by atoms with Crippen molar-refractivity contribution >= 4 is 35.0 Å². The van der Waals surface area contributed by atoms with Gasteiger partial charge < -0.3 is 19.8 Å². The van der Waals surface area contributed by atoms with Gasteiger partial charge in [0, 0.05) is 11.8 Å². The summed E-state index contributed by atoms with van der Waals surface area (Å²) in [5.41, 5.74) is 1.66. The van der Waals surface area contributed by atoms with Gasteiger partial charge in [0.2, 0.25) is 5.95 Å². The van der Waals surface area contributed by atoms with Crippen LogP contribution in [0.2, 0.25) is 5.02 Å². The zero-order valence-electron chi connectivity index (χ0n) is 14.2. The van der Waals surface area contributed by atoms with Gasteiger partial charge in [-0.3, -0.25) is 0 Å². The number of nitrogens with one attached hydrogen (secondary N) is 2. The molecule has 1 aromatic carbocycles. The van der Waals surface area contributed by atoms with E-state index in [2.05, 4.69) is 20.6 Å². The SMILES string of the molecule is COC(=O)c1ccc(Cl)c(Nc2nc(C)cc(NCc3ccco3)n2)c1. The minimum atomic E-state index is -0.448. The fraction of sp³-hybridized carbons (Fsp3) is 0.167. The fourth-order valence-electron chi connectivity index (χ4n) is 2.29. The van der Waals surface area contributed by atoms with E-state index in [0.717, 1.165) is 11.5 Å². The third-order valence-corrected chi connectivity index (χ3v) is 3.84. The van der Waals surface area contributed by atoms with Crippen LogP contribution in [0.4, 0.5) is 17.5 Å². The number of rotatable bonds is 6. The molecule has 0 bridgehead atoms. The maximum Gasteiger partial charge on any atom is 0.337 e. The molecule has 0 spiro atoms. The number of esters is 1. The van der Waals surface area contributed by atoms with E-state index in [4.69, 9.17) is 20.8 Å². The Balaban J connectivity index is 1.80. The summed E-state index contributed by atoms with van der Waals surface area (Å²) in [6.45, 7) is 2.36. The molecular formula is C18H17ClN4O3. The van der Waals surface area contributed by atoms with Crippen molar-refractivity contribution in [2.45, 2.75) is 13.5 Å². The number of halogens is 1. The van der Waals surface area contributed by atoms with Gasteiger partial charge in [0.25, 0.3) is 0 Å². The molecule has 8 heteroatoms. The number of carbonyl (C=O) groups is 1. The van der Waals surface area contributed by atoms with Crippen LogP contribution in [0.25, 0.3) is 0 Å². The second kappa shape index (κ2) is 7.88. The van der Waals surface area contributed by atoms with E-state index in [1.54, 1.807) is 24.5 Å². The Kier molecular flexibility index (Phi) is 5.38. The standard InChI is InChI=1S/C18H17ClN4O3/c1-11-8-16(20-10-13-4-3-7-26-13)23-18(21-11)22-15-9-12(17(24)25-2)5-6-14(15)19/h3-9H,10H2,1-2H3,(H2,20,21,22,23). The first-order valence-corrected chi connectivity index (χ1v) is 8.20. The molecule has 0 unspecified atom stereocenters. The number of benzene rings is 1. The van der Waals surface area contributed by atoms with Crippen molar-refractivity contribution in [1.82, 2.24) is 9.97 Å². The Morgan fingerprint density at radius 2 is 2.12 bits per heavy atom. The fourth-order valence-corrected chi connectivity index (χ4v) is 2.46. The summed E-state index contributed by atoms with van der Waals surface area (Å²) >= 11 is 6.20. The molecule has 0 amide bonds. The summed E-state index contributed by atoms with van der Waals surface area (Å²) in [6, 6.07) is 10.3. The zero-order chi connectivity index (χ0) is 18.5. The van der Waals surface area contributed by atoms with Crippen molar-refractivity contribution in [3.8, 4) is 0 Å². The monoisotopic (exact) mass is 372 g/mol. The lowest BCUT2D eigenvalue weighted by molar-refractivity contribution is 0.0601. The number of nitrogens with zero attached hydrogens (tertiary/aromatic N) is 2. The lowest BCUT2D eigenvalue weighted by Gasteiger charge is -2.11. The van der Waals surface area contributed by atoms with Crippen molar-refractivity contribution in [2.24, 2.45) is 0 Å². The van der Waals surface area contributed by atoms with Crippen molar-refractivity contribution in [2.75, 3.05) is 17.7 Å². The van der Waals surface area contributed by atoms with Gasteiger partial charge in [0.05, 0.1) is 36.2 Å². The molecule has 26 heavy (non-hydrogen) atoms. The highest BCUT2D eigenvalue weighted by Crippen LogP contribution is 2.26. The van der Waals surface area contributed by atoms with Gasteiger partial charge in [0.1, 0.15) is 11.6 Å². The van der Waals surface area contributed by atoms with Crippen LogP contribution in [0.5, 0.6) is 0 Å². The Morgan fingerprint density at radius 3 is 2.85 bits per heavy atom. The Morgan fingerprint density at radius 1 is 1.27 bits per heavy atom. The summed E-state index contributed by atoms with van der Waals surface area (Å²) in [4.78, 5) is 20.5. The Hall–Kier alpha value is -3.06. The summed E-state index contributed by atoms with van der Waals surface area (Å²) in [5.74, 6) is 1.34. The number of methoxy groups -OCH3 is 1. The Labute approximate surface area is 155 Å². The lowest BCUT2D eigenvalue weighted by atomic mass is 10.2. The number of aromatic nitrogens is 2. The highest BCUT2D eigenvalue weighted by atomic mass is 35.5. The number of hydrogen-bond acceptors (Lipinski definition) is 7. The second-order valence-electron chi connectivity index (χ2n) is 5.46. The summed E-state index contributed by atoms with van der Waals surface area (Å²) in [6.07, 6.45) is 1.62. The van der Waals surface area contributed by atoms with Crippen molar-refractivity contribution < 1.29 is 13.9 Å². The van der Waals surface area contributed by atoms with Gasteiger partial charge in [0.15, 0.2) is 0 Å². The molecule has 0 saturated heterocycles. The molecule has 2 aromatic heterocycles. The summed E-state index contributed by atoms with van der Waals surface area (Å²) in [5, 5.41) is 6.65. The van der Waals surface area contributed by atoms with E-state index in [1.165, 1.54) is 7.11 Å². The Bertz CT molecular complexity index is 913. The molecule has 0 aliphatic heterocycles. The van der Waals surface area contributed by atoms with Crippen molar-refractivity contribution in [3.63, 3.8) is 0 Å². The molecule has 7 nitrogen and oxygen atoms in total. The number of anilines is 3. The summed E-state index contributed by atoms with van der Waals surface area (Å²) < 4.78 is 10.0. The van der Waals surface area contributed by atoms with E-state index >= 15 is 0 Å². The van der Waals surface area contributed by atoms with Crippen LogP contribution >= 0.6 is 11.6 Å². The van der Waals surface area contributed by atoms with E-state index in [9.17, 15) is 4.79 Å². The number of hydrogen-bond donors (Lipinski definition) is 2. The molecule has 2 heterocycles. The minimum Gasteiger partial charge on any atom is -0.467 e. The molecule has 0 aliphatic rings. The molecule has 0 radical (unpaired) electrons. The molecule has 3 aromatic rings. The number of furan rings is 1. The highest BCUT2D eigenvalue weighted by molar-refractivity contribution is 6.33. The molecule has 2 N–H and O–H groups in total. The first-order chi connectivity index (χ1) is 12.5. The topological polar surface area (TPSA) is 89.3 Å². The zero-order valence-corrected chi connectivity index (χ0v) is 15.0. The lowest BCUT2D eigenvalue weighted by Crippen LogP contribution is -2.06. The van der Waals surface area contributed by atoms with E-state index in [-0.39, 0.29) is 0 Å². The first kappa shape index (κ1) is 17.8. The first-order valence-electron chi connectivity index (χ1n) is 7.82. The van der Waals surface area contributed by atoms with Crippen LogP contribution in [0.1, 0.15) is 21.8 Å². The van der Waals surface area contributed by atoms with Crippen LogP contribution in [0.3, 0.4) is 0 Å². The van der Waals surface area contributed by atoms with Gasteiger partial charge >= 0.3 is 5.97 Å². The molecule has 0 saturated carbocycles. The van der Waals surface area contributed by atoms with Gasteiger partial charge in [-0.1, -0.05) is 11.6 Å². The normalized spacial score (nSPS) is 10.4. The third-order valence-electron chi connectivity index (χ3n) is 3.51. The molecular weight excluding hydrogens is 356 g/mol. The number of ether oxygens (including phenoxy) is 1. The molecule has 0 fully saturated rings. The molecule has 134 valence electrons. The van der Waals surface area contributed by atoms with E-state index in [1.807, 2.05) is 25.1 Å². The number of aryl methyl sites for hydroxylation is 1. The van der Waals surface area contributed by atoms with Crippen LogP contribution in [-0.2, 0) is 11.3 Å². The van der Waals surface area contributed by atoms with Gasteiger partial charge in [-0.25, -0.2) is 9.78 Å². The van der Waals surface area contributed by atoms with Gasteiger partial charge in [-0.2, -0.15) is 4.98 Å². The van der Waals surface area contributed by atoms with Crippen LogP contribution < -0.4 is 10.6 Å².